The molecular formula is C17H30Cl2N2O. The second-order valence-electron chi connectivity index (χ2n) is 7.05. The molecule has 128 valence electrons. The molecule has 1 aromatic carbocycles. The lowest BCUT2D eigenvalue weighted by atomic mass is 9.78. The molecule has 0 saturated carbocycles. The first-order valence-corrected chi connectivity index (χ1v) is 7.55. The first kappa shape index (κ1) is 21.5. The van der Waals surface area contributed by atoms with Crippen molar-refractivity contribution in [3.05, 3.63) is 28.8 Å². The van der Waals surface area contributed by atoms with Crippen molar-refractivity contribution in [3.63, 3.8) is 0 Å². The fraction of sp³-hybridized carbons (Fsp3) is 0.647. The molecular weight excluding hydrogens is 319 g/mol. The van der Waals surface area contributed by atoms with Crippen LogP contribution in [0.15, 0.2) is 12.1 Å². The van der Waals surface area contributed by atoms with Crippen LogP contribution in [-0.4, -0.2) is 36.2 Å². The molecule has 1 fully saturated rings. The fourth-order valence-electron chi connectivity index (χ4n) is 3.49. The van der Waals surface area contributed by atoms with Crippen molar-refractivity contribution < 1.29 is 5.11 Å². The van der Waals surface area contributed by atoms with Crippen molar-refractivity contribution in [2.75, 3.05) is 26.2 Å². The number of rotatable bonds is 2. The summed E-state index contributed by atoms with van der Waals surface area (Å²) in [6, 6.07) is 4.18. The highest BCUT2D eigenvalue weighted by Gasteiger charge is 2.34. The minimum Gasteiger partial charge on any atom is -0.508 e. The van der Waals surface area contributed by atoms with E-state index in [-0.39, 0.29) is 30.2 Å². The Morgan fingerprint density at radius 1 is 1.05 bits per heavy atom. The lowest BCUT2D eigenvalue weighted by Crippen LogP contribution is -2.48. The summed E-state index contributed by atoms with van der Waals surface area (Å²) in [4.78, 5) is 2.59. The summed E-state index contributed by atoms with van der Waals surface area (Å²) in [5.74, 6) is 0.372. The van der Waals surface area contributed by atoms with Crippen LogP contribution >= 0.6 is 24.8 Å². The normalized spacial score (nSPS) is 17.3. The van der Waals surface area contributed by atoms with Gasteiger partial charge < -0.3 is 10.4 Å². The van der Waals surface area contributed by atoms with E-state index in [1.54, 1.807) is 0 Å². The number of aromatic hydroxyl groups is 1. The van der Waals surface area contributed by atoms with Crippen LogP contribution < -0.4 is 5.32 Å². The Bertz CT molecular complexity index is 457. The zero-order valence-electron chi connectivity index (χ0n) is 14.3. The van der Waals surface area contributed by atoms with Crippen LogP contribution in [0.25, 0.3) is 0 Å². The SMILES string of the molecule is Cc1cc(O)cc(C)c1[C@H](N1CCNCC1)C(C)(C)C.Cl.Cl. The molecule has 0 aromatic heterocycles. The molecule has 1 atom stereocenters. The molecule has 2 rings (SSSR count). The maximum absolute atomic E-state index is 9.79. The monoisotopic (exact) mass is 348 g/mol. The first-order chi connectivity index (χ1) is 9.30. The van der Waals surface area contributed by atoms with Gasteiger partial charge in [-0.3, -0.25) is 4.90 Å². The van der Waals surface area contributed by atoms with Crippen LogP contribution in [-0.2, 0) is 0 Å². The number of halogens is 2. The van der Waals surface area contributed by atoms with E-state index in [1.807, 2.05) is 12.1 Å². The molecule has 22 heavy (non-hydrogen) atoms. The van der Waals surface area contributed by atoms with E-state index in [4.69, 9.17) is 0 Å². The molecule has 0 aliphatic carbocycles. The van der Waals surface area contributed by atoms with Gasteiger partial charge in [-0.05, 0) is 48.1 Å². The van der Waals surface area contributed by atoms with Crippen molar-refractivity contribution in [3.8, 4) is 5.75 Å². The van der Waals surface area contributed by atoms with Crippen LogP contribution in [0.5, 0.6) is 5.75 Å². The maximum Gasteiger partial charge on any atom is 0.116 e. The molecule has 0 amide bonds. The minimum absolute atomic E-state index is 0. The second-order valence-corrected chi connectivity index (χ2v) is 7.05. The van der Waals surface area contributed by atoms with E-state index in [1.165, 1.54) is 16.7 Å². The van der Waals surface area contributed by atoms with Gasteiger partial charge in [-0.25, -0.2) is 0 Å². The summed E-state index contributed by atoms with van der Waals surface area (Å²) in [5, 5.41) is 13.2. The maximum atomic E-state index is 9.79. The van der Waals surface area contributed by atoms with Crippen molar-refractivity contribution in [1.82, 2.24) is 10.2 Å². The molecule has 1 heterocycles. The Morgan fingerprint density at radius 3 is 1.91 bits per heavy atom. The van der Waals surface area contributed by atoms with Crippen LogP contribution in [0.1, 0.15) is 43.5 Å². The molecule has 1 aromatic rings. The van der Waals surface area contributed by atoms with Crippen molar-refractivity contribution in [2.45, 2.75) is 40.7 Å². The summed E-state index contributed by atoms with van der Waals surface area (Å²) in [7, 11) is 0. The molecule has 3 nitrogen and oxygen atoms in total. The Morgan fingerprint density at radius 2 is 1.50 bits per heavy atom. The van der Waals surface area contributed by atoms with Gasteiger partial charge in [-0.1, -0.05) is 20.8 Å². The fourth-order valence-corrected chi connectivity index (χ4v) is 3.49. The highest BCUT2D eigenvalue weighted by Crippen LogP contribution is 2.41. The smallest absolute Gasteiger partial charge is 0.116 e. The third kappa shape index (κ3) is 4.76. The summed E-state index contributed by atoms with van der Waals surface area (Å²) in [5.41, 5.74) is 3.95. The second kappa shape index (κ2) is 8.39. The largest absolute Gasteiger partial charge is 0.508 e. The highest BCUT2D eigenvalue weighted by molar-refractivity contribution is 5.85. The molecule has 5 heteroatoms. The van der Waals surface area contributed by atoms with E-state index in [9.17, 15) is 5.11 Å². The third-order valence-corrected chi connectivity index (χ3v) is 4.19. The van der Waals surface area contributed by atoms with Crippen LogP contribution in [0.2, 0.25) is 0 Å². The molecule has 2 N–H and O–H groups in total. The average molecular weight is 349 g/mol. The van der Waals surface area contributed by atoms with Gasteiger partial charge in [-0.2, -0.15) is 0 Å². The molecule has 1 aliphatic heterocycles. The Labute approximate surface area is 147 Å². The number of benzene rings is 1. The van der Waals surface area contributed by atoms with Crippen LogP contribution in [0, 0.1) is 19.3 Å². The van der Waals surface area contributed by atoms with Gasteiger partial charge in [0.25, 0.3) is 0 Å². The number of nitrogens with zero attached hydrogens (tertiary/aromatic N) is 1. The standard InChI is InChI=1S/C17H28N2O.2ClH/c1-12-10-14(20)11-13(2)15(12)16(17(3,4)5)19-8-6-18-7-9-19;;/h10-11,16,18,20H,6-9H2,1-5H3;2*1H/t16-;;/m0../s1. The summed E-state index contributed by atoms with van der Waals surface area (Å²) >= 11 is 0. The van der Waals surface area contributed by atoms with Gasteiger partial charge in [0.1, 0.15) is 5.75 Å². The van der Waals surface area contributed by atoms with E-state index in [0.717, 1.165) is 26.2 Å². The van der Waals surface area contributed by atoms with Gasteiger partial charge in [-0.15, -0.1) is 24.8 Å². The molecule has 1 aliphatic rings. The minimum atomic E-state index is 0. The Hall–Kier alpha value is -0.480. The summed E-state index contributed by atoms with van der Waals surface area (Å²) < 4.78 is 0. The molecule has 1 saturated heterocycles. The lowest BCUT2D eigenvalue weighted by Gasteiger charge is -2.44. The van der Waals surface area contributed by atoms with E-state index < -0.39 is 0 Å². The highest BCUT2D eigenvalue weighted by atomic mass is 35.5. The first-order valence-electron chi connectivity index (χ1n) is 7.55. The topological polar surface area (TPSA) is 35.5 Å². The van der Waals surface area contributed by atoms with Crippen molar-refractivity contribution >= 4 is 24.8 Å². The number of phenolic OH excluding ortho intramolecular Hbond substituents is 1. The van der Waals surface area contributed by atoms with Crippen molar-refractivity contribution in [2.24, 2.45) is 5.41 Å². The van der Waals surface area contributed by atoms with Crippen molar-refractivity contribution in [1.29, 1.82) is 0 Å². The number of nitrogens with one attached hydrogen (secondary N) is 1. The van der Waals surface area contributed by atoms with E-state index in [0.29, 0.717) is 11.8 Å². The van der Waals surface area contributed by atoms with Gasteiger partial charge in [0.15, 0.2) is 0 Å². The summed E-state index contributed by atoms with van der Waals surface area (Å²) in [6.07, 6.45) is 0. The van der Waals surface area contributed by atoms with Gasteiger partial charge in [0.2, 0.25) is 0 Å². The van der Waals surface area contributed by atoms with Gasteiger partial charge >= 0.3 is 0 Å². The van der Waals surface area contributed by atoms with Crippen LogP contribution in [0.3, 0.4) is 0 Å². The number of hydrogen-bond acceptors (Lipinski definition) is 3. The average Bonchev–Trinajstić information content (AvgIpc) is 2.33. The number of aryl methyl sites for hydroxylation is 2. The molecule has 0 bridgehead atoms. The molecule has 0 radical (unpaired) electrons. The van der Waals surface area contributed by atoms with E-state index in [2.05, 4.69) is 44.8 Å². The van der Waals surface area contributed by atoms with Gasteiger partial charge in [0.05, 0.1) is 0 Å². The van der Waals surface area contributed by atoms with E-state index >= 15 is 0 Å². The third-order valence-electron chi connectivity index (χ3n) is 4.19. The number of phenols is 1. The number of piperazine rings is 1. The summed E-state index contributed by atoms with van der Waals surface area (Å²) in [6.45, 7) is 15.4. The quantitative estimate of drug-likeness (QED) is 0.851. The number of hydrogen-bond donors (Lipinski definition) is 2. The predicted molar refractivity (Wildman–Crippen MR) is 98.7 cm³/mol. The Kier molecular flexibility index (Phi) is 8.21. The zero-order valence-corrected chi connectivity index (χ0v) is 15.9. The zero-order chi connectivity index (χ0) is 14.9. The van der Waals surface area contributed by atoms with Gasteiger partial charge in [0, 0.05) is 32.2 Å². The lowest BCUT2D eigenvalue weighted by molar-refractivity contribution is 0.0852. The molecule has 0 unspecified atom stereocenters. The Balaban J connectivity index is 0.00000220. The van der Waals surface area contributed by atoms with Crippen LogP contribution in [0.4, 0.5) is 0 Å². The molecule has 0 spiro atoms. The predicted octanol–water partition coefficient (Wildman–Crippen LogP) is 3.85.